The first kappa shape index (κ1) is 14.8. The molecule has 4 nitrogen and oxygen atoms in total. The molecule has 2 N–H and O–H groups in total. The molecule has 0 aliphatic carbocycles. The molecule has 0 bridgehead atoms. The van der Waals surface area contributed by atoms with Crippen molar-refractivity contribution in [3.05, 3.63) is 42.5 Å². The van der Waals surface area contributed by atoms with Crippen molar-refractivity contribution in [1.29, 1.82) is 0 Å². The average Bonchev–Trinajstić information content (AvgIpc) is 2.36. The molecule has 0 aliphatic rings. The number of fused-ring (bicyclic) bond motifs is 1. The largest absolute Gasteiger partial charge is 0.456 e. The average molecular weight is 305 g/mol. The van der Waals surface area contributed by atoms with Crippen LogP contribution in [-0.4, -0.2) is 12.8 Å². The van der Waals surface area contributed by atoms with Gasteiger partial charge in [0, 0.05) is 5.39 Å². The molecule has 0 amide bonds. The summed E-state index contributed by atoms with van der Waals surface area (Å²) in [5.74, 6) is 0.108. The Balaban J connectivity index is 2.21. The van der Waals surface area contributed by atoms with Crippen molar-refractivity contribution in [3.8, 4) is 5.75 Å². The van der Waals surface area contributed by atoms with E-state index in [9.17, 15) is 17.7 Å². The van der Waals surface area contributed by atoms with Crippen LogP contribution in [0, 0.1) is 0 Å². The summed E-state index contributed by atoms with van der Waals surface area (Å²) < 4.78 is 56.8. The van der Waals surface area contributed by atoms with Gasteiger partial charge >= 0.3 is 13.9 Å². The van der Waals surface area contributed by atoms with Crippen molar-refractivity contribution in [3.63, 3.8) is 0 Å². The van der Waals surface area contributed by atoms with E-state index in [1.165, 1.54) is 6.07 Å². The fraction of sp³-hybridized carbons (Fsp3) is 0.167. The van der Waals surface area contributed by atoms with Crippen LogP contribution in [0.2, 0.25) is 0 Å². The van der Waals surface area contributed by atoms with E-state index in [0.29, 0.717) is 5.39 Å². The van der Waals surface area contributed by atoms with Gasteiger partial charge in [-0.05, 0) is 11.5 Å². The van der Waals surface area contributed by atoms with E-state index in [1.54, 1.807) is 36.4 Å². The second kappa shape index (κ2) is 5.44. The van der Waals surface area contributed by atoms with Crippen LogP contribution in [0.15, 0.2) is 42.5 Å². The Labute approximate surface area is 112 Å². The standard InChI is InChI=1S/C12H11F3NO3P/c13-12(14,15)8-18-20(16,17)19-11-7-3-5-9-4-1-2-6-10(9)11/h1-7H,8H2,(H2,16,17)/t20-/m0/s1. The lowest BCUT2D eigenvalue weighted by Crippen LogP contribution is -2.19. The lowest BCUT2D eigenvalue weighted by molar-refractivity contribution is -0.154. The molecule has 20 heavy (non-hydrogen) atoms. The molecular weight excluding hydrogens is 294 g/mol. The zero-order chi connectivity index (χ0) is 14.8. The van der Waals surface area contributed by atoms with Crippen molar-refractivity contribution in [1.82, 2.24) is 0 Å². The monoisotopic (exact) mass is 305 g/mol. The molecular formula is C12H11F3NO3P. The zero-order valence-electron chi connectivity index (χ0n) is 10.1. The van der Waals surface area contributed by atoms with Crippen LogP contribution in [0.25, 0.3) is 10.8 Å². The first-order chi connectivity index (χ1) is 9.27. The summed E-state index contributed by atoms with van der Waals surface area (Å²) in [7, 11) is -4.34. The highest BCUT2D eigenvalue weighted by molar-refractivity contribution is 7.51. The lowest BCUT2D eigenvalue weighted by Gasteiger charge is -2.16. The lowest BCUT2D eigenvalue weighted by atomic mass is 10.1. The first-order valence-corrected chi connectivity index (χ1v) is 7.15. The van der Waals surface area contributed by atoms with Crippen LogP contribution in [0.4, 0.5) is 13.2 Å². The fourth-order valence-corrected chi connectivity index (χ4v) is 2.41. The van der Waals surface area contributed by atoms with Crippen molar-refractivity contribution < 1.29 is 26.8 Å². The normalized spacial score (nSPS) is 15.0. The van der Waals surface area contributed by atoms with E-state index in [-0.39, 0.29) is 5.75 Å². The van der Waals surface area contributed by atoms with E-state index >= 15 is 0 Å². The molecule has 0 aliphatic heterocycles. The molecule has 0 aromatic heterocycles. The van der Waals surface area contributed by atoms with Crippen LogP contribution in [-0.2, 0) is 9.09 Å². The maximum Gasteiger partial charge on any atom is 0.456 e. The molecule has 0 saturated carbocycles. The summed E-state index contributed by atoms with van der Waals surface area (Å²) in [6.45, 7) is -1.73. The Morgan fingerprint density at radius 2 is 1.75 bits per heavy atom. The third-order valence-corrected chi connectivity index (χ3v) is 3.32. The van der Waals surface area contributed by atoms with Gasteiger partial charge in [0.05, 0.1) is 0 Å². The van der Waals surface area contributed by atoms with E-state index in [4.69, 9.17) is 10.0 Å². The van der Waals surface area contributed by atoms with Crippen LogP contribution >= 0.6 is 7.75 Å². The minimum Gasteiger partial charge on any atom is -0.413 e. The van der Waals surface area contributed by atoms with Crippen LogP contribution in [0.5, 0.6) is 5.75 Å². The van der Waals surface area contributed by atoms with Crippen LogP contribution in [0.1, 0.15) is 0 Å². The summed E-state index contributed by atoms with van der Waals surface area (Å²) >= 11 is 0. The van der Waals surface area contributed by atoms with Gasteiger partial charge in [0.1, 0.15) is 5.75 Å². The molecule has 0 radical (unpaired) electrons. The van der Waals surface area contributed by atoms with Crippen LogP contribution < -0.4 is 10.0 Å². The highest BCUT2D eigenvalue weighted by Gasteiger charge is 2.33. The molecule has 8 heteroatoms. The Bertz CT molecular complexity index is 654. The molecule has 1 atom stereocenters. The molecule has 0 unspecified atom stereocenters. The smallest absolute Gasteiger partial charge is 0.413 e. The van der Waals surface area contributed by atoms with Crippen molar-refractivity contribution >= 4 is 18.5 Å². The Kier molecular flexibility index (Phi) is 4.04. The van der Waals surface area contributed by atoms with Gasteiger partial charge in [0.25, 0.3) is 0 Å². The van der Waals surface area contributed by atoms with Gasteiger partial charge in [0.15, 0.2) is 6.61 Å². The Hall–Kier alpha value is -1.56. The molecule has 2 aromatic rings. The molecule has 108 valence electrons. The van der Waals surface area contributed by atoms with E-state index in [0.717, 1.165) is 5.39 Å². The SMILES string of the molecule is N[P@](=O)(OCC(F)(F)F)Oc1cccc2ccccc12. The van der Waals surface area contributed by atoms with Gasteiger partial charge in [-0.3, -0.25) is 4.52 Å². The number of halogens is 3. The maximum absolute atomic E-state index is 12.0. The topological polar surface area (TPSA) is 61.6 Å². The fourth-order valence-electron chi connectivity index (χ4n) is 1.60. The minimum atomic E-state index is -4.63. The maximum atomic E-state index is 12.0. The van der Waals surface area contributed by atoms with E-state index in [2.05, 4.69) is 4.52 Å². The number of benzene rings is 2. The van der Waals surface area contributed by atoms with Crippen LogP contribution in [0.3, 0.4) is 0 Å². The van der Waals surface area contributed by atoms with Gasteiger partial charge in [-0.2, -0.15) is 13.2 Å². The second-order valence-electron chi connectivity index (χ2n) is 4.00. The van der Waals surface area contributed by atoms with E-state index < -0.39 is 20.5 Å². The summed E-state index contributed by atoms with van der Waals surface area (Å²) in [5.41, 5.74) is 5.16. The van der Waals surface area contributed by atoms with Gasteiger partial charge in [-0.25, -0.2) is 10.1 Å². The zero-order valence-corrected chi connectivity index (χ0v) is 11.0. The Morgan fingerprint density at radius 3 is 2.45 bits per heavy atom. The highest BCUT2D eigenvalue weighted by Crippen LogP contribution is 2.43. The molecule has 0 spiro atoms. The molecule has 0 saturated heterocycles. The summed E-state index contributed by atoms with van der Waals surface area (Å²) in [6.07, 6.45) is -4.63. The predicted octanol–water partition coefficient (Wildman–Crippen LogP) is 3.86. The quantitative estimate of drug-likeness (QED) is 0.871. The number of hydrogen-bond donors (Lipinski definition) is 1. The first-order valence-electron chi connectivity index (χ1n) is 5.54. The summed E-state index contributed by atoms with van der Waals surface area (Å²) in [4.78, 5) is 0. The third-order valence-electron chi connectivity index (χ3n) is 2.38. The Morgan fingerprint density at radius 1 is 1.10 bits per heavy atom. The van der Waals surface area contributed by atoms with Gasteiger partial charge in [-0.1, -0.05) is 36.4 Å². The van der Waals surface area contributed by atoms with Crippen molar-refractivity contribution in [2.75, 3.05) is 6.61 Å². The van der Waals surface area contributed by atoms with Crippen molar-refractivity contribution in [2.45, 2.75) is 6.18 Å². The number of rotatable bonds is 4. The molecule has 2 aromatic carbocycles. The number of alkyl halides is 3. The number of nitrogens with two attached hydrogens (primary N) is 1. The van der Waals surface area contributed by atoms with Crippen molar-refractivity contribution in [2.24, 2.45) is 5.50 Å². The minimum absolute atomic E-state index is 0.108. The van der Waals surface area contributed by atoms with E-state index in [1.807, 2.05) is 0 Å². The summed E-state index contributed by atoms with van der Waals surface area (Å²) in [6, 6.07) is 11.8. The van der Waals surface area contributed by atoms with Gasteiger partial charge in [0.2, 0.25) is 0 Å². The summed E-state index contributed by atoms with van der Waals surface area (Å²) in [5, 5.41) is 1.36. The predicted molar refractivity (Wildman–Crippen MR) is 68.4 cm³/mol. The van der Waals surface area contributed by atoms with Gasteiger partial charge < -0.3 is 4.52 Å². The highest BCUT2D eigenvalue weighted by atomic mass is 31.2. The molecule has 0 fully saturated rings. The van der Waals surface area contributed by atoms with Gasteiger partial charge in [-0.15, -0.1) is 0 Å². The third kappa shape index (κ3) is 3.96. The molecule has 0 heterocycles. The number of hydrogen-bond acceptors (Lipinski definition) is 3. The second-order valence-corrected chi connectivity index (χ2v) is 5.52. The molecule has 2 rings (SSSR count).